The molecule has 0 bridgehead atoms. The highest BCUT2D eigenvalue weighted by Gasteiger charge is 2.39. The minimum Gasteiger partial charge on any atom is -0.457 e. The van der Waals surface area contributed by atoms with E-state index in [-0.39, 0.29) is 16.8 Å². The summed E-state index contributed by atoms with van der Waals surface area (Å²) in [5.41, 5.74) is 1.88. The van der Waals surface area contributed by atoms with E-state index in [9.17, 15) is 4.79 Å². The molecular formula is C15H18O2S. The van der Waals surface area contributed by atoms with Crippen LogP contribution >= 0.6 is 11.8 Å². The van der Waals surface area contributed by atoms with Crippen LogP contribution in [0.2, 0.25) is 0 Å². The Hall–Kier alpha value is -1.22. The van der Waals surface area contributed by atoms with Crippen LogP contribution in [0.5, 0.6) is 0 Å². The molecule has 1 aliphatic rings. The number of carbonyl (C=O) groups is 1. The van der Waals surface area contributed by atoms with Crippen LogP contribution in [0.15, 0.2) is 42.5 Å². The minimum atomic E-state index is -0.242. The molecule has 1 aromatic carbocycles. The molecule has 0 radical (unpaired) electrons. The number of esters is 1. The van der Waals surface area contributed by atoms with Crippen LogP contribution in [0, 0.1) is 0 Å². The Balaban J connectivity index is 1.96. The Morgan fingerprint density at radius 2 is 2.06 bits per heavy atom. The Bertz CT molecular complexity index is 435. The molecule has 3 heteroatoms. The van der Waals surface area contributed by atoms with Gasteiger partial charge in [0, 0.05) is 22.5 Å². The van der Waals surface area contributed by atoms with E-state index in [1.165, 1.54) is 5.56 Å². The number of ether oxygens (including phenoxy) is 1. The smallest absolute Gasteiger partial charge is 0.333 e. The Morgan fingerprint density at radius 3 is 2.61 bits per heavy atom. The summed E-state index contributed by atoms with van der Waals surface area (Å²) in [4.78, 5) is 11.4. The first-order valence-corrected chi connectivity index (χ1v) is 7.04. The first kappa shape index (κ1) is 13.2. The Labute approximate surface area is 112 Å². The van der Waals surface area contributed by atoms with E-state index < -0.39 is 0 Å². The molecule has 0 aliphatic carbocycles. The maximum Gasteiger partial charge on any atom is 0.333 e. The number of hydrogen-bond acceptors (Lipinski definition) is 3. The molecule has 0 aromatic heterocycles. The third kappa shape index (κ3) is 2.96. The third-order valence-corrected chi connectivity index (χ3v) is 4.68. The molecule has 1 heterocycles. The second-order valence-corrected chi connectivity index (χ2v) is 6.71. The highest BCUT2D eigenvalue weighted by atomic mass is 32.2. The van der Waals surface area contributed by atoms with E-state index in [4.69, 9.17) is 4.74 Å². The van der Waals surface area contributed by atoms with Crippen molar-refractivity contribution in [3.05, 3.63) is 48.0 Å². The molecular weight excluding hydrogens is 244 g/mol. The molecule has 2 nitrogen and oxygen atoms in total. The summed E-state index contributed by atoms with van der Waals surface area (Å²) >= 11 is 1.81. The van der Waals surface area contributed by atoms with Gasteiger partial charge in [-0.05, 0) is 19.4 Å². The molecule has 18 heavy (non-hydrogen) atoms. The fourth-order valence-electron chi connectivity index (χ4n) is 1.89. The minimum absolute atomic E-state index is 0.0637. The second-order valence-electron chi connectivity index (χ2n) is 5.08. The van der Waals surface area contributed by atoms with Crippen molar-refractivity contribution in [1.29, 1.82) is 0 Å². The second kappa shape index (κ2) is 5.19. The molecule has 1 saturated heterocycles. The summed E-state index contributed by atoms with van der Waals surface area (Å²) in [5.74, 6) is 0.683. The van der Waals surface area contributed by atoms with Crippen molar-refractivity contribution in [1.82, 2.24) is 0 Å². The number of cyclic esters (lactones) is 1. The normalized spacial score (nSPS) is 20.0. The summed E-state index contributed by atoms with van der Waals surface area (Å²) in [7, 11) is 0. The van der Waals surface area contributed by atoms with Gasteiger partial charge < -0.3 is 4.74 Å². The van der Waals surface area contributed by atoms with Crippen LogP contribution in [0.4, 0.5) is 0 Å². The van der Waals surface area contributed by atoms with Crippen LogP contribution in [0.3, 0.4) is 0 Å². The first-order valence-electron chi connectivity index (χ1n) is 6.06. The van der Waals surface area contributed by atoms with Gasteiger partial charge in [0.05, 0.1) is 0 Å². The lowest BCUT2D eigenvalue weighted by molar-refractivity contribution is -0.139. The third-order valence-electron chi connectivity index (χ3n) is 3.20. The summed E-state index contributed by atoms with van der Waals surface area (Å²) in [6.07, 6.45) is 0.583. The Kier molecular flexibility index (Phi) is 3.81. The predicted octanol–water partition coefficient (Wildman–Crippen LogP) is 3.57. The van der Waals surface area contributed by atoms with Gasteiger partial charge in [0.2, 0.25) is 0 Å². The highest BCUT2D eigenvalue weighted by Crippen LogP contribution is 2.38. The maximum absolute atomic E-state index is 11.4. The quantitative estimate of drug-likeness (QED) is 0.613. The van der Waals surface area contributed by atoms with Gasteiger partial charge in [0.15, 0.2) is 0 Å². The van der Waals surface area contributed by atoms with Gasteiger partial charge in [0.25, 0.3) is 0 Å². The van der Waals surface area contributed by atoms with Crippen LogP contribution in [-0.2, 0) is 15.3 Å². The van der Waals surface area contributed by atoms with Gasteiger partial charge in [-0.2, -0.15) is 0 Å². The molecule has 0 saturated carbocycles. The molecule has 0 spiro atoms. The average molecular weight is 262 g/mol. The van der Waals surface area contributed by atoms with E-state index >= 15 is 0 Å². The fraction of sp³-hybridized carbons (Fsp3) is 0.400. The van der Waals surface area contributed by atoms with Gasteiger partial charge in [-0.15, -0.1) is 11.8 Å². The van der Waals surface area contributed by atoms with E-state index in [0.717, 1.165) is 5.75 Å². The highest BCUT2D eigenvalue weighted by molar-refractivity contribution is 7.99. The lowest BCUT2D eigenvalue weighted by atomic mass is 10.0. The molecule has 1 aromatic rings. The summed E-state index contributed by atoms with van der Waals surface area (Å²) in [6, 6.07) is 10.3. The number of hydrogen-bond donors (Lipinski definition) is 0. The first-order chi connectivity index (χ1) is 8.49. The predicted molar refractivity (Wildman–Crippen MR) is 75.5 cm³/mol. The van der Waals surface area contributed by atoms with E-state index in [1.54, 1.807) is 0 Å². The van der Waals surface area contributed by atoms with Crippen molar-refractivity contribution < 1.29 is 9.53 Å². The molecule has 96 valence electrons. The zero-order valence-corrected chi connectivity index (χ0v) is 11.6. The summed E-state index contributed by atoms with van der Waals surface area (Å²) in [5, 5.41) is 0. The number of benzene rings is 1. The fourth-order valence-corrected chi connectivity index (χ4v) is 2.93. The molecule has 1 atom stereocenters. The lowest BCUT2D eigenvalue weighted by Gasteiger charge is -2.29. The molecule has 1 unspecified atom stereocenters. The summed E-state index contributed by atoms with van der Waals surface area (Å²) in [6.45, 7) is 7.98. The molecule has 0 N–H and O–H groups in total. The SMILES string of the molecule is C=C1CC(C(C)(C)SCc2ccccc2)OC1=O. The summed E-state index contributed by atoms with van der Waals surface area (Å²) < 4.78 is 5.28. The zero-order valence-electron chi connectivity index (χ0n) is 10.8. The molecule has 2 rings (SSSR count). The van der Waals surface area contributed by atoms with Crippen LogP contribution in [0.1, 0.15) is 25.8 Å². The topological polar surface area (TPSA) is 26.3 Å². The number of carbonyl (C=O) groups excluding carboxylic acids is 1. The van der Waals surface area contributed by atoms with Crippen molar-refractivity contribution in [3.8, 4) is 0 Å². The van der Waals surface area contributed by atoms with E-state index in [2.05, 4.69) is 32.6 Å². The Morgan fingerprint density at radius 1 is 1.39 bits per heavy atom. The largest absolute Gasteiger partial charge is 0.457 e. The average Bonchev–Trinajstić information content (AvgIpc) is 2.70. The van der Waals surface area contributed by atoms with Crippen molar-refractivity contribution in [3.63, 3.8) is 0 Å². The monoisotopic (exact) mass is 262 g/mol. The lowest BCUT2D eigenvalue weighted by Crippen LogP contribution is -2.32. The van der Waals surface area contributed by atoms with Crippen molar-refractivity contribution in [2.75, 3.05) is 0 Å². The van der Waals surface area contributed by atoms with Crippen molar-refractivity contribution >= 4 is 17.7 Å². The zero-order chi connectivity index (χ0) is 13.2. The van der Waals surface area contributed by atoms with Crippen molar-refractivity contribution in [2.45, 2.75) is 36.9 Å². The maximum atomic E-state index is 11.4. The number of rotatable bonds is 4. The van der Waals surface area contributed by atoms with E-state index in [1.807, 2.05) is 30.0 Å². The van der Waals surface area contributed by atoms with Gasteiger partial charge in [-0.3, -0.25) is 0 Å². The van der Waals surface area contributed by atoms with Gasteiger partial charge in [-0.25, -0.2) is 4.79 Å². The van der Waals surface area contributed by atoms with Crippen molar-refractivity contribution in [2.24, 2.45) is 0 Å². The molecule has 0 amide bonds. The van der Waals surface area contributed by atoms with Crippen LogP contribution < -0.4 is 0 Å². The molecule has 1 aliphatic heterocycles. The van der Waals surface area contributed by atoms with Gasteiger partial charge >= 0.3 is 5.97 Å². The molecule has 1 fully saturated rings. The van der Waals surface area contributed by atoms with Crippen LogP contribution in [0.25, 0.3) is 0 Å². The van der Waals surface area contributed by atoms with Crippen LogP contribution in [-0.4, -0.2) is 16.8 Å². The van der Waals surface area contributed by atoms with Gasteiger partial charge in [-0.1, -0.05) is 36.9 Å². The van der Waals surface area contributed by atoms with E-state index in [0.29, 0.717) is 12.0 Å². The standard InChI is InChI=1S/C15H18O2S/c1-11-9-13(17-14(11)16)15(2,3)18-10-12-7-5-4-6-8-12/h4-8,13H,1,9-10H2,2-3H3. The number of thioether (sulfide) groups is 1. The van der Waals surface area contributed by atoms with Gasteiger partial charge in [0.1, 0.15) is 6.10 Å².